The number of halogens is 2. The van der Waals surface area contributed by atoms with E-state index in [1.807, 2.05) is 27.7 Å². The van der Waals surface area contributed by atoms with Gasteiger partial charge in [0.15, 0.2) is 0 Å². The van der Waals surface area contributed by atoms with Crippen LogP contribution in [0.1, 0.15) is 149 Å². The molecule has 0 N–H and O–H groups in total. The highest BCUT2D eigenvalue weighted by Crippen LogP contribution is 2.51. The fraction of sp³-hybridized carbons (Fsp3) is 0.395. The highest BCUT2D eigenvalue weighted by atomic mass is 79.9. The van der Waals surface area contributed by atoms with Crippen LogP contribution in [0.4, 0.5) is 0 Å². The summed E-state index contributed by atoms with van der Waals surface area (Å²) < 4.78 is 55.3. The molecule has 2 aliphatic rings. The van der Waals surface area contributed by atoms with Crippen LogP contribution in [0.25, 0.3) is 43.1 Å². The molecule has 0 saturated heterocycles. The summed E-state index contributed by atoms with van der Waals surface area (Å²) in [6.07, 6.45) is -2.25. The molecule has 7 rings (SSSR count). The third kappa shape index (κ3) is 18.6. The van der Waals surface area contributed by atoms with Crippen molar-refractivity contribution in [1.82, 2.24) is 9.80 Å². The molecule has 2 aliphatic heterocycles. The van der Waals surface area contributed by atoms with Gasteiger partial charge in [-0.3, -0.25) is 48.2 Å². The Morgan fingerprint density at radius 3 is 0.865 bits per heavy atom. The average Bonchev–Trinajstić information content (AvgIpc) is 0.682. The number of rotatable bonds is 36. The summed E-state index contributed by atoms with van der Waals surface area (Å²) in [5, 5.41) is 3.79. The largest absolute Gasteiger partial charge is 0.463 e. The Balaban J connectivity index is 1.12. The minimum Gasteiger partial charge on any atom is -0.463 e. The van der Waals surface area contributed by atoms with E-state index in [0.29, 0.717) is 52.0 Å². The predicted molar refractivity (Wildman–Crippen MR) is 383 cm³/mol. The van der Waals surface area contributed by atoms with Gasteiger partial charge in [0.05, 0.1) is 37.8 Å². The van der Waals surface area contributed by atoms with Crippen molar-refractivity contribution in [1.29, 1.82) is 0 Å². The number of benzene rings is 5. The van der Waals surface area contributed by atoms with Gasteiger partial charge in [0.1, 0.15) is 52.9 Å². The van der Waals surface area contributed by atoms with E-state index in [4.69, 9.17) is 47.4 Å². The van der Waals surface area contributed by atoms with Crippen LogP contribution >= 0.6 is 31.9 Å². The number of fused-ring (bicyclic) bond motifs is 2. The van der Waals surface area contributed by atoms with Gasteiger partial charge in [-0.1, -0.05) is 111 Å². The van der Waals surface area contributed by atoms with Crippen molar-refractivity contribution in [2.75, 3.05) is 52.9 Å². The molecule has 0 aliphatic carbocycles. The molecule has 0 spiro atoms. The van der Waals surface area contributed by atoms with Crippen LogP contribution in [0.5, 0.6) is 0 Å². The first-order chi connectivity index (χ1) is 48.7. The first-order valence-electron chi connectivity index (χ1n) is 32.8. The SMILES string of the molecule is C=C(C)C(=O)OCC(COC(=O)C(=C)C)(COC(=O)C(=C)C)OC(=O)CCC(=O)OCC(CC(C)C)N1C(=O)c2ccc3c4c(Br)cc5c6c(ccc(c7c(Br)cc(c2c37)C1=O)c64)C(=O)N(C(COC(=O)CCC(=O)OC(COC(=O)C(=C)C)(COC(=O)C(=C)C)COC(=O)C(=C)C)CC(C)C)C5=O. The average molecular weight is 1570 g/mol. The number of hydrogen-bond acceptors (Lipinski definition) is 24. The van der Waals surface area contributed by atoms with Gasteiger partial charge in [-0.25, -0.2) is 28.8 Å². The van der Waals surface area contributed by atoms with Crippen molar-refractivity contribution in [2.45, 2.75) is 131 Å². The van der Waals surface area contributed by atoms with Crippen LogP contribution < -0.4 is 0 Å². The Labute approximate surface area is 615 Å². The maximum absolute atomic E-state index is 15.1. The summed E-state index contributed by atoms with van der Waals surface area (Å²) in [5.74, 6) is -12.8. The standard InChI is InChI=1S/C76H80Br2N2O24/c1-37(2)25-45(29-95-55(81)21-23-57(83)103-75(31-97-69(89)39(5)6,32-98-70(90)40(7)8)33-99-71(91)41(9)10)79-65(85)49-19-17-47-62-54(78)28-52-60-50(20-18-48(64(60)62)61-53(77)27-51(67(79)87)59(49)63(47)61)66(86)80(68(52)88)46(26-38(3)4)30-96-56(82)22-24-58(84)104-76(34-100-72(92)42(11)12,35-101-73(93)43(13)14)36-102-74(94)44(15)16/h17-20,27-28,37-38,45-46H,5,7,9,11,13,15,21-26,29-36H2,1-4,6,8,10,12,14,16H3. The predicted octanol–water partition coefficient (Wildman–Crippen LogP) is 11.2. The minimum atomic E-state index is -2.14. The molecule has 5 aromatic carbocycles. The van der Waals surface area contributed by atoms with E-state index in [1.54, 1.807) is 36.4 Å². The lowest BCUT2D eigenvalue weighted by atomic mass is 9.81. The Morgan fingerprint density at radius 2 is 0.615 bits per heavy atom. The lowest BCUT2D eigenvalue weighted by Gasteiger charge is -2.36. The van der Waals surface area contributed by atoms with Gasteiger partial charge in [-0.15, -0.1) is 0 Å². The summed E-state index contributed by atoms with van der Waals surface area (Å²) in [7, 11) is 0. The molecule has 0 fully saturated rings. The van der Waals surface area contributed by atoms with E-state index in [2.05, 4.69) is 71.3 Å². The van der Waals surface area contributed by atoms with Gasteiger partial charge in [0, 0.05) is 97.0 Å². The number of nitrogens with zero attached hydrogens (tertiary/aromatic N) is 2. The van der Waals surface area contributed by atoms with Crippen molar-refractivity contribution >= 4 is 158 Å². The fourth-order valence-electron chi connectivity index (χ4n) is 11.5. The molecule has 0 bridgehead atoms. The summed E-state index contributed by atoms with van der Waals surface area (Å²) in [4.78, 5) is 192. The van der Waals surface area contributed by atoms with Crippen molar-refractivity contribution in [3.63, 3.8) is 0 Å². The minimum absolute atomic E-state index is 0.0392. The lowest BCUT2D eigenvalue weighted by Crippen LogP contribution is -2.50. The van der Waals surface area contributed by atoms with Crippen LogP contribution in [0.2, 0.25) is 0 Å². The van der Waals surface area contributed by atoms with Crippen LogP contribution in [0.15, 0.2) is 118 Å². The summed E-state index contributed by atoms with van der Waals surface area (Å²) in [6, 6.07) is 7.62. The number of carbonyl (C=O) groups excluding carboxylic acids is 14. The molecule has 104 heavy (non-hydrogen) atoms. The van der Waals surface area contributed by atoms with Crippen LogP contribution in [-0.2, 0) is 95.3 Å². The summed E-state index contributed by atoms with van der Waals surface area (Å²) >= 11 is 7.51. The maximum Gasteiger partial charge on any atom is 0.333 e. The van der Waals surface area contributed by atoms with Gasteiger partial charge in [-0.2, -0.15) is 0 Å². The van der Waals surface area contributed by atoms with Gasteiger partial charge >= 0.3 is 59.7 Å². The molecule has 2 heterocycles. The van der Waals surface area contributed by atoms with Gasteiger partial charge in [0.25, 0.3) is 23.6 Å². The van der Waals surface area contributed by atoms with E-state index >= 15 is 19.2 Å². The molecular formula is C76H80Br2N2O24. The topological polar surface area (TPSA) is 338 Å². The molecule has 4 amide bonds. The van der Waals surface area contributed by atoms with E-state index in [-0.39, 0.29) is 80.4 Å². The fourth-order valence-corrected chi connectivity index (χ4v) is 12.8. The molecule has 552 valence electrons. The smallest absolute Gasteiger partial charge is 0.333 e. The number of imide groups is 2. The summed E-state index contributed by atoms with van der Waals surface area (Å²) in [6.45, 7) is 30.9. The maximum atomic E-state index is 15.1. The zero-order valence-electron chi connectivity index (χ0n) is 59.4. The van der Waals surface area contributed by atoms with E-state index in [1.165, 1.54) is 41.5 Å². The quantitative estimate of drug-likeness (QED) is 0.00897. The molecule has 0 saturated carbocycles. The van der Waals surface area contributed by atoms with Crippen LogP contribution in [0.3, 0.4) is 0 Å². The van der Waals surface area contributed by atoms with Crippen LogP contribution in [-0.4, -0.2) is 169 Å². The van der Waals surface area contributed by atoms with Crippen LogP contribution in [0, 0.1) is 11.8 Å². The van der Waals surface area contributed by atoms with E-state index < -0.39 is 185 Å². The molecule has 0 radical (unpaired) electrons. The molecule has 2 atom stereocenters. The van der Waals surface area contributed by atoms with Crippen molar-refractivity contribution in [3.05, 3.63) is 141 Å². The van der Waals surface area contributed by atoms with Crippen molar-refractivity contribution in [2.24, 2.45) is 11.8 Å². The van der Waals surface area contributed by atoms with E-state index in [0.717, 1.165) is 9.80 Å². The van der Waals surface area contributed by atoms with Gasteiger partial charge in [-0.05, 0) is 101 Å². The molecule has 28 heteroatoms. The second kappa shape index (κ2) is 33.9. The zero-order chi connectivity index (χ0) is 77.3. The number of amides is 4. The van der Waals surface area contributed by atoms with Gasteiger partial charge < -0.3 is 47.4 Å². The zero-order valence-corrected chi connectivity index (χ0v) is 62.5. The first kappa shape index (κ1) is 81.1. The third-order valence-corrected chi connectivity index (χ3v) is 17.8. The molecule has 5 aromatic rings. The lowest BCUT2D eigenvalue weighted by molar-refractivity contribution is -0.194. The Bertz CT molecular complexity index is 4090. The molecule has 2 unspecified atom stereocenters. The van der Waals surface area contributed by atoms with E-state index in [9.17, 15) is 47.9 Å². The molecule has 0 aromatic heterocycles. The third-order valence-electron chi connectivity index (χ3n) is 16.5. The normalized spacial score (nSPS) is 13.3. The number of ether oxygens (including phenoxy) is 10. The monoisotopic (exact) mass is 1560 g/mol. The Morgan fingerprint density at radius 1 is 0.365 bits per heavy atom. The van der Waals surface area contributed by atoms with Gasteiger partial charge in [0.2, 0.25) is 11.2 Å². The first-order valence-corrected chi connectivity index (χ1v) is 34.4. The Kier molecular flexibility index (Phi) is 26.4. The second-order valence-corrected chi connectivity index (χ2v) is 28.4. The Hall–Kier alpha value is -10.2. The summed E-state index contributed by atoms with van der Waals surface area (Å²) in [5.41, 5.74) is -4.00. The highest BCUT2D eigenvalue weighted by Gasteiger charge is 2.46. The number of carbonyl (C=O) groups is 14. The highest BCUT2D eigenvalue weighted by molar-refractivity contribution is 9.11. The number of hydrogen-bond donors (Lipinski definition) is 0. The second-order valence-electron chi connectivity index (χ2n) is 26.7. The molecule has 26 nitrogen and oxygen atoms in total. The van der Waals surface area contributed by atoms with Crippen molar-refractivity contribution < 1.29 is 114 Å². The van der Waals surface area contributed by atoms with Crippen molar-refractivity contribution in [3.8, 4) is 0 Å². The molecular weight excluding hydrogens is 1480 g/mol. The number of esters is 10.